The van der Waals surface area contributed by atoms with E-state index in [9.17, 15) is 9.11 Å². The molecule has 86 valence electrons. The summed E-state index contributed by atoms with van der Waals surface area (Å²) in [6.07, 6.45) is 2.48. The minimum Gasteiger partial charge on any atom is -0.325 e. The zero-order valence-electron chi connectivity index (χ0n) is 9.07. The van der Waals surface area contributed by atoms with Gasteiger partial charge < -0.3 is 5.73 Å². The second kappa shape index (κ2) is 4.37. The summed E-state index contributed by atoms with van der Waals surface area (Å²) >= 11 is 0. The molecule has 0 unspecified atom stereocenters. The molecule has 0 spiro atoms. The summed E-state index contributed by atoms with van der Waals surface area (Å²) in [6, 6.07) is 0. The fourth-order valence-electron chi connectivity index (χ4n) is 1.69. The minimum absolute atomic E-state index is 0.127. The van der Waals surface area contributed by atoms with E-state index in [-0.39, 0.29) is 5.54 Å². The molecule has 1 aliphatic heterocycles. The Morgan fingerprint density at radius 3 is 2.29 bits per heavy atom. The molecule has 0 aromatic carbocycles. The van der Waals surface area contributed by atoms with Gasteiger partial charge >= 0.3 is 0 Å². The van der Waals surface area contributed by atoms with E-state index in [0.717, 1.165) is 19.3 Å². The number of piperidine rings is 1. The molecule has 0 atom stereocenters. The third kappa shape index (κ3) is 3.10. The van der Waals surface area contributed by atoms with Crippen molar-refractivity contribution in [3.05, 3.63) is 0 Å². The molecule has 5 heteroatoms. The van der Waals surface area contributed by atoms with E-state index in [1.165, 1.54) is 0 Å². The van der Waals surface area contributed by atoms with Crippen molar-refractivity contribution in [3.63, 3.8) is 0 Å². The molecule has 0 amide bonds. The van der Waals surface area contributed by atoms with Gasteiger partial charge in [0.1, 0.15) is 0 Å². The van der Waals surface area contributed by atoms with Crippen molar-refractivity contribution >= 4 is 10.8 Å². The Bertz CT molecular complexity index is 187. The maximum atomic E-state index is 9.83. The van der Waals surface area contributed by atoms with Crippen LogP contribution in [0.15, 0.2) is 0 Å². The van der Waals surface area contributed by atoms with E-state index in [1.807, 2.05) is 13.8 Å². The highest BCUT2D eigenvalue weighted by molar-refractivity contribution is 8.22. The maximum Gasteiger partial charge on any atom is 0.0528 e. The van der Waals surface area contributed by atoms with Crippen LogP contribution in [0.3, 0.4) is 0 Å². The highest BCUT2D eigenvalue weighted by Crippen LogP contribution is 2.45. The molecule has 0 saturated carbocycles. The van der Waals surface area contributed by atoms with Gasteiger partial charge in [-0.25, -0.2) is 4.31 Å². The molecule has 1 fully saturated rings. The summed E-state index contributed by atoms with van der Waals surface area (Å²) in [6.45, 7) is 5.39. The molecule has 4 N–H and O–H groups in total. The first-order chi connectivity index (χ1) is 6.37. The first kappa shape index (κ1) is 12.3. The molecule has 14 heavy (non-hydrogen) atoms. The molecule has 1 heterocycles. The second-order valence-electron chi connectivity index (χ2n) is 4.42. The number of hydrogen-bond acceptors (Lipinski definition) is 4. The van der Waals surface area contributed by atoms with E-state index in [2.05, 4.69) is 0 Å². The third-order valence-electron chi connectivity index (χ3n) is 2.76. The van der Waals surface area contributed by atoms with Crippen LogP contribution < -0.4 is 5.73 Å². The van der Waals surface area contributed by atoms with Crippen molar-refractivity contribution in [1.29, 1.82) is 0 Å². The van der Waals surface area contributed by atoms with E-state index < -0.39 is 10.8 Å². The number of hydrogen-bond donors (Lipinski definition) is 3. The van der Waals surface area contributed by atoms with E-state index in [1.54, 1.807) is 4.31 Å². The molecule has 0 aromatic heterocycles. The lowest BCUT2D eigenvalue weighted by Gasteiger charge is -2.47. The SMILES string of the molecule is CCCS(O)(O)N1CCC(C)(N)CC1. The molecular weight excluding hydrogens is 200 g/mol. The largest absolute Gasteiger partial charge is 0.325 e. The van der Waals surface area contributed by atoms with E-state index >= 15 is 0 Å². The summed E-state index contributed by atoms with van der Waals surface area (Å²) in [7, 11) is -2.51. The molecule has 0 aliphatic carbocycles. The Labute approximate surface area is 88.0 Å². The lowest BCUT2D eigenvalue weighted by Crippen LogP contribution is -2.48. The van der Waals surface area contributed by atoms with Crippen LogP contribution in [0.1, 0.15) is 33.1 Å². The average Bonchev–Trinajstić information content (AvgIpc) is 2.03. The Morgan fingerprint density at radius 2 is 1.86 bits per heavy atom. The van der Waals surface area contributed by atoms with Gasteiger partial charge in [-0.1, -0.05) is 6.92 Å². The number of nitrogens with two attached hydrogens (primary N) is 1. The van der Waals surface area contributed by atoms with Crippen LogP contribution in [-0.4, -0.2) is 37.8 Å². The minimum atomic E-state index is -2.51. The highest BCUT2D eigenvalue weighted by Gasteiger charge is 2.31. The van der Waals surface area contributed by atoms with Crippen molar-refractivity contribution in [1.82, 2.24) is 4.31 Å². The molecule has 1 saturated heterocycles. The van der Waals surface area contributed by atoms with Crippen LogP contribution in [-0.2, 0) is 0 Å². The monoisotopic (exact) mass is 222 g/mol. The zero-order valence-corrected chi connectivity index (χ0v) is 9.89. The van der Waals surface area contributed by atoms with Crippen LogP contribution in [0.4, 0.5) is 0 Å². The summed E-state index contributed by atoms with van der Waals surface area (Å²) in [5.74, 6) is 0.480. The van der Waals surface area contributed by atoms with Crippen molar-refractivity contribution in [3.8, 4) is 0 Å². The van der Waals surface area contributed by atoms with Crippen LogP contribution >= 0.6 is 10.8 Å². The first-order valence-electron chi connectivity index (χ1n) is 5.17. The summed E-state index contributed by atoms with van der Waals surface area (Å²) in [5, 5.41) is 0. The van der Waals surface area contributed by atoms with Crippen molar-refractivity contribution in [2.24, 2.45) is 5.73 Å². The van der Waals surface area contributed by atoms with Crippen molar-refractivity contribution in [2.45, 2.75) is 38.6 Å². The van der Waals surface area contributed by atoms with Gasteiger partial charge in [0, 0.05) is 18.6 Å². The van der Waals surface area contributed by atoms with Gasteiger partial charge in [0.25, 0.3) is 0 Å². The van der Waals surface area contributed by atoms with Crippen molar-refractivity contribution < 1.29 is 9.11 Å². The molecule has 0 aromatic rings. The fraction of sp³-hybridized carbons (Fsp3) is 1.00. The van der Waals surface area contributed by atoms with Crippen LogP contribution in [0.2, 0.25) is 0 Å². The van der Waals surface area contributed by atoms with E-state index in [0.29, 0.717) is 18.8 Å². The van der Waals surface area contributed by atoms with Gasteiger partial charge in [-0.05, 0) is 26.2 Å². The number of rotatable bonds is 3. The molecule has 0 bridgehead atoms. The molecule has 1 rings (SSSR count). The summed E-state index contributed by atoms with van der Waals surface area (Å²) in [4.78, 5) is 0. The summed E-state index contributed by atoms with van der Waals surface area (Å²) in [5.41, 5.74) is 5.85. The summed E-state index contributed by atoms with van der Waals surface area (Å²) < 4.78 is 21.5. The maximum absolute atomic E-state index is 9.83. The van der Waals surface area contributed by atoms with Gasteiger partial charge in [-0.2, -0.15) is 0 Å². The Kier molecular flexibility index (Phi) is 3.82. The average molecular weight is 222 g/mol. The predicted molar refractivity (Wildman–Crippen MR) is 61.4 cm³/mol. The molecule has 0 radical (unpaired) electrons. The van der Waals surface area contributed by atoms with Crippen LogP contribution in [0.5, 0.6) is 0 Å². The second-order valence-corrected chi connectivity index (χ2v) is 6.61. The Hall–Kier alpha value is 0.190. The molecule has 4 nitrogen and oxygen atoms in total. The Morgan fingerprint density at radius 1 is 1.36 bits per heavy atom. The van der Waals surface area contributed by atoms with Gasteiger partial charge in [0.2, 0.25) is 0 Å². The smallest absolute Gasteiger partial charge is 0.0528 e. The van der Waals surface area contributed by atoms with E-state index in [4.69, 9.17) is 5.73 Å². The van der Waals surface area contributed by atoms with Gasteiger partial charge in [-0.3, -0.25) is 9.11 Å². The highest BCUT2D eigenvalue weighted by atomic mass is 32.3. The topological polar surface area (TPSA) is 69.7 Å². The lowest BCUT2D eigenvalue weighted by atomic mass is 9.92. The van der Waals surface area contributed by atoms with Crippen LogP contribution in [0.25, 0.3) is 0 Å². The quantitative estimate of drug-likeness (QED) is 0.682. The predicted octanol–water partition coefficient (Wildman–Crippen LogP) is 1.88. The third-order valence-corrected chi connectivity index (χ3v) is 4.90. The van der Waals surface area contributed by atoms with Gasteiger partial charge in [0.05, 0.1) is 5.75 Å². The fourth-order valence-corrected chi connectivity index (χ4v) is 3.27. The normalized spacial score (nSPS) is 24.9. The van der Waals surface area contributed by atoms with Gasteiger partial charge in [0.15, 0.2) is 0 Å². The Balaban J connectivity index is 2.48. The van der Waals surface area contributed by atoms with Gasteiger partial charge in [-0.15, -0.1) is 10.8 Å². The zero-order chi connectivity index (χ0) is 10.8. The first-order valence-corrected chi connectivity index (χ1v) is 6.84. The van der Waals surface area contributed by atoms with Crippen molar-refractivity contribution in [2.75, 3.05) is 18.8 Å². The van der Waals surface area contributed by atoms with Crippen LogP contribution in [0, 0.1) is 0 Å². The molecule has 1 aliphatic rings. The lowest BCUT2D eigenvalue weighted by molar-refractivity contribution is 0.234. The number of nitrogens with zero attached hydrogens (tertiary/aromatic N) is 1. The standard InChI is InChI=1S/C9H22N2O2S/c1-3-8-14(12,13)11-6-4-9(2,10)5-7-11/h12-13H,3-8,10H2,1-2H3. The molecular formula is C9H22N2O2S.